The summed E-state index contributed by atoms with van der Waals surface area (Å²) in [4.78, 5) is 26.5. The van der Waals surface area contributed by atoms with Gasteiger partial charge in [-0.1, -0.05) is 18.0 Å². The molecule has 0 radical (unpaired) electrons. The Morgan fingerprint density at radius 2 is 1.81 bits per heavy atom. The standard InChI is InChI=1S/C19H24ClNO5/c1-24-16-10-17(25-2)15(9-14(16)20)21-11-12(8-18(21)22)19(23)26-13-6-4-3-5-7-13/h9-10,12-13H,3-8,11H2,1-2H3/t12-/m0/s1. The Balaban J connectivity index is 1.73. The first-order chi connectivity index (χ1) is 12.5. The number of anilines is 1. The van der Waals surface area contributed by atoms with Crippen LogP contribution in [0.3, 0.4) is 0 Å². The van der Waals surface area contributed by atoms with Crippen LogP contribution in [0.25, 0.3) is 0 Å². The van der Waals surface area contributed by atoms with Crippen molar-refractivity contribution in [3.05, 3.63) is 17.2 Å². The topological polar surface area (TPSA) is 65.1 Å². The predicted molar refractivity (Wildman–Crippen MR) is 98.0 cm³/mol. The first kappa shape index (κ1) is 18.8. The lowest BCUT2D eigenvalue weighted by atomic mass is 9.97. The van der Waals surface area contributed by atoms with Crippen LogP contribution in [0.4, 0.5) is 5.69 Å². The molecule has 0 spiro atoms. The zero-order valence-electron chi connectivity index (χ0n) is 15.1. The number of esters is 1. The summed E-state index contributed by atoms with van der Waals surface area (Å²) in [6.07, 6.45) is 5.34. The van der Waals surface area contributed by atoms with Gasteiger partial charge in [0, 0.05) is 19.0 Å². The Morgan fingerprint density at radius 1 is 1.12 bits per heavy atom. The van der Waals surface area contributed by atoms with E-state index in [4.69, 9.17) is 25.8 Å². The third-order valence-electron chi connectivity index (χ3n) is 5.04. The SMILES string of the molecule is COc1cc(OC)c(N2C[C@@H](C(=O)OC3CCCCC3)CC2=O)cc1Cl. The van der Waals surface area contributed by atoms with Gasteiger partial charge in [0.25, 0.3) is 0 Å². The highest BCUT2D eigenvalue weighted by atomic mass is 35.5. The average Bonchev–Trinajstić information content (AvgIpc) is 3.04. The number of hydrogen-bond acceptors (Lipinski definition) is 5. The van der Waals surface area contributed by atoms with Gasteiger partial charge in [0.1, 0.15) is 17.6 Å². The van der Waals surface area contributed by atoms with Crippen molar-refractivity contribution in [1.82, 2.24) is 0 Å². The van der Waals surface area contributed by atoms with E-state index in [1.165, 1.54) is 25.5 Å². The summed E-state index contributed by atoms with van der Waals surface area (Å²) in [5.41, 5.74) is 0.538. The van der Waals surface area contributed by atoms with Crippen molar-refractivity contribution >= 4 is 29.2 Å². The van der Waals surface area contributed by atoms with Crippen molar-refractivity contribution in [2.45, 2.75) is 44.6 Å². The summed E-state index contributed by atoms with van der Waals surface area (Å²) in [6, 6.07) is 3.27. The molecular weight excluding hydrogens is 358 g/mol. The van der Waals surface area contributed by atoms with Crippen LogP contribution in [0.2, 0.25) is 5.02 Å². The summed E-state index contributed by atoms with van der Waals surface area (Å²) in [5.74, 6) is 0.0459. The zero-order valence-corrected chi connectivity index (χ0v) is 15.9. The monoisotopic (exact) mass is 381 g/mol. The van der Waals surface area contributed by atoms with E-state index < -0.39 is 5.92 Å². The van der Waals surface area contributed by atoms with Crippen molar-refractivity contribution in [2.24, 2.45) is 5.92 Å². The van der Waals surface area contributed by atoms with Crippen LogP contribution in [0.15, 0.2) is 12.1 Å². The minimum absolute atomic E-state index is 0.00892. The molecule has 1 amide bonds. The van der Waals surface area contributed by atoms with E-state index >= 15 is 0 Å². The Bertz CT molecular complexity index is 687. The number of amides is 1. The van der Waals surface area contributed by atoms with E-state index in [1.807, 2.05) is 0 Å². The fourth-order valence-corrected chi connectivity index (χ4v) is 3.83. The molecule has 142 valence electrons. The van der Waals surface area contributed by atoms with Crippen LogP contribution >= 0.6 is 11.6 Å². The number of benzene rings is 1. The second-order valence-corrected chi connectivity index (χ2v) is 7.17. The minimum Gasteiger partial charge on any atom is -0.495 e. The molecule has 1 aromatic rings. The largest absolute Gasteiger partial charge is 0.495 e. The van der Waals surface area contributed by atoms with Crippen molar-refractivity contribution in [1.29, 1.82) is 0 Å². The third-order valence-corrected chi connectivity index (χ3v) is 5.33. The number of carbonyl (C=O) groups is 2. The molecule has 0 N–H and O–H groups in total. The number of carbonyl (C=O) groups excluding carboxylic acids is 2. The van der Waals surface area contributed by atoms with Gasteiger partial charge in [-0.05, 0) is 31.7 Å². The Kier molecular flexibility index (Phi) is 5.91. The molecule has 26 heavy (non-hydrogen) atoms. The lowest BCUT2D eigenvalue weighted by molar-refractivity contribution is -0.155. The van der Waals surface area contributed by atoms with Gasteiger partial charge in [-0.2, -0.15) is 0 Å². The highest BCUT2D eigenvalue weighted by Crippen LogP contribution is 2.40. The number of methoxy groups -OCH3 is 2. The van der Waals surface area contributed by atoms with Crippen LogP contribution in [0.5, 0.6) is 11.5 Å². The fourth-order valence-electron chi connectivity index (χ4n) is 3.60. The summed E-state index contributed by atoms with van der Waals surface area (Å²) < 4.78 is 16.2. The van der Waals surface area contributed by atoms with Gasteiger partial charge in [0.2, 0.25) is 5.91 Å². The molecule has 0 bridgehead atoms. The normalized spacial score (nSPS) is 21.0. The maximum absolute atomic E-state index is 12.5. The summed E-state index contributed by atoms with van der Waals surface area (Å²) in [7, 11) is 3.03. The molecule has 1 aliphatic heterocycles. The lowest BCUT2D eigenvalue weighted by Crippen LogP contribution is -2.29. The number of ether oxygens (including phenoxy) is 3. The molecular formula is C19H24ClNO5. The van der Waals surface area contributed by atoms with Crippen LogP contribution < -0.4 is 14.4 Å². The van der Waals surface area contributed by atoms with E-state index in [0.29, 0.717) is 22.2 Å². The molecule has 1 aliphatic carbocycles. The van der Waals surface area contributed by atoms with Gasteiger partial charge in [0.05, 0.1) is 30.8 Å². The molecule has 0 aromatic heterocycles. The van der Waals surface area contributed by atoms with Gasteiger partial charge in [-0.15, -0.1) is 0 Å². The molecule has 1 atom stereocenters. The Hall–Kier alpha value is -1.95. The van der Waals surface area contributed by atoms with Crippen molar-refractivity contribution in [3.8, 4) is 11.5 Å². The Morgan fingerprint density at radius 3 is 2.46 bits per heavy atom. The third kappa shape index (κ3) is 3.90. The van der Waals surface area contributed by atoms with Crippen molar-refractivity contribution in [3.63, 3.8) is 0 Å². The summed E-state index contributed by atoms with van der Waals surface area (Å²) >= 11 is 6.20. The van der Waals surface area contributed by atoms with E-state index in [1.54, 1.807) is 12.1 Å². The second-order valence-electron chi connectivity index (χ2n) is 6.76. The molecule has 3 rings (SSSR count). The maximum Gasteiger partial charge on any atom is 0.311 e. The molecule has 6 nitrogen and oxygen atoms in total. The van der Waals surface area contributed by atoms with Gasteiger partial charge in [-0.3, -0.25) is 9.59 Å². The molecule has 7 heteroatoms. The first-order valence-corrected chi connectivity index (χ1v) is 9.33. The van der Waals surface area contributed by atoms with Crippen LogP contribution in [0.1, 0.15) is 38.5 Å². The number of hydrogen-bond donors (Lipinski definition) is 0. The fraction of sp³-hybridized carbons (Fsp3) is 0.579. The van der Waals surface area contributed by atoms with Gasteiger partial charge in [0.15, 0.2) is 0 Å². The molecule has 2 aliphatic rings. The second kappa shape index (κ2) is 8.16. The lowest BCUT2D eigenvalue weighted by Gasteiger charge is -2.24. The molecule has 1 saturated heterocycles. The van der Waals surface area contributed by atoms with Gasteiger partial charge < -0.3 is 19.1 Å². The molecule has 0 unspecified atom stereocenters. The zero-order chi connectivity index (χ0) is 18.7. The van der Waals surface area contributed by atoms with E-state index in [9.17, 15) is 9.59 Å². The van der Waals surface area contributed by atoms with Crippen molar-refractivity contribution in [2.75, 3.05) is 25.7 Å². The maximum atomic E-state index is 12.5. The highest BCUT2D eigenvalue weighted by molar-refractivity contribution is 6.32. The first-order valence-electron chi connectivity index (χ1n) is 8.96. The highest BCUT2D eigenvalue weighted by Gasteiger charge is 2.38. The number of nitrogens with zero attached hydrogens (tertiary/aromatic N) is 1. The summed E-state index contributed by atoms with van der Waals surface area (Å²) in [6.45, 7) is 0.267. The van der Waals surface area contributed by atoms with Crippen LogP contribution in [0, 0.1) is 5.92 Å². The van der Waals surface area contributed by atoms with Gasteiger partial charge >= 0.3 is 5.97 Å². The smallest absolute Gasteiger partial charge is 0.311 e. The predicted octanol–water partition coefficient (Wildman–Crippen LogP) is 3.59. The van der Waals surface area contributed by atoms with Gasteiger partial charge in [-0.25, -0.2) is 0 Å². The average molecular weight is 382 g/mol. The Labute approximate surface area is 158 Å². The number of halogens is 1. The number of rotatable bonds is 5. The molecule has 1 aromatic carbocycles. The van der Waals surface area contributed by atoms with E-state index in [0.717, 1.165) is 25.7 Å². The molecule has 1 saturated carbocycles. The molecule has 1 heterocycles. The minimum atomic E-state index is -0.463. The van der Waals surface area contributed by atoms with Crippen LogP contribution in [-0.4, -0.2) is 38.7 Å². The molecule has 2 fully saturated rings. The van der Waals surface area contributed by atoms with Crippen LogP contribution in [-0.2, 0) is 14.3 Å². The van der Waals surface area contributed by atoms with Crippen molar-refractivity contribution < 1.29 is 23.8 Å². The summed E-state index contributed by atoms with van der Waals surface area (Å²) in [5, 5.41) is 0.379. The van der Waals surface area contributed by atoms with E-state index in [2.05, 4.69) is 0 Å². The quantitative estimate of drug-likeness (QED) is 0.729. The van der Waals surface area contributed by atoms with E-state index in [-0.39, 0.29) is 30.9 Å².